The molecule has 0 atom stereocenters. The molecule has 1 aromatic heterocycles. The molecule has 0 spiro atoms. The number of aromatic nitrogens is 2. The summed E-state index contributed by atoms with van der Waals surface area (Å²) in [4.78, 5) is 19.6. The average Bonchev–Trinajstić information content (AvgIpc) is 2.52. The molecule has 0 saturated carbocycles. The van der Waals surface area contributed by atoms with Crippen LogP contribution in [0, 0.1) is 0 Å². The van der Waals surface area contributed by atoms with Crippen molar-refractivity contribution in [3.63, 3.8) is 0 Å². The zero-order valence-electron chi connectivity index (χ0n) is 12.2. The van der Waals surface area contributed by atoms with E-state index in [4.69, 9.17) is 4.74 Å². The normalized spacial score (nSPS) is 11.1. The fourth-order valence-corrected chi connectivity index (χ4v) is 1.77. The zero-order valence-corrected chi connectivity index (χ0v) is 12.2. The highest BCUT2D eigenvalue weighted by atomic mass is 19.4. The van der Waals surface area contributed by atoms with Gasteiger partial charge in [0.2, 0.25) is 0 Å². The minimum Gasteiger partial charge on any atom is -0.436 e. The molecule has 0 radical (unpaired) electrons. The Labute approximate surface area is 130 Å². The van der Waals surface area contributed by atoms with Crippen LogP contribution < -0.4 is 10.1 Å². The fraction of sp³-hybridized carbons (Fsp3) is 0.267. The molecule has 23 heavy (non-hydrogen) atoms. The van der Waals surface area contributed by atoms with Gasteiger partial charge in [0, 0.05) is 18.9 Å². The molecule has 2 aromatic rings. The van der Waals surface area contributed by atoms with E-state index >= 15 is 0 Å². The van der Waals surface area contributed by atoms with Crippen molar-refractivity contribution in [2.75, 3.05) is 6.54 Å². The van der Waals surface area contributed by atoms with E-state index in [-0.39, 0.29) is 11.6 Å². The van der Waals surface area contributed by atoms with Gasteiger partial charge in [-0.2, -0.15) is 13.2 Å². The molecule has 0 fully saturated rings. The molecule has 2 rings (SSSR count). The van der Waals surface area contributed by atoms with Crippen molar-refractivity contribution in [3.8, 4) is 11.6 Å². The van der Waals surface area contributed by atoms with Gasteiger partial charge in [0.1, 0.15) is 5.75 Å². The molecule has 0 aliphatic rings. The summed E-state index contributed by atoms with van der Waals surface area (Å²) in [6.45, 7) is 2.28. The van der Waals surface area contributed by atoms with Gasteiger partial charge in [0.05, 0.1) is 5.56 Å². The smallest absolute Gasteiger partial charge is 0.419 e. The SMILES string of the molecule is CCCNC(=O)c1nccnc1Oc1ccccc1C(F)(F)F. The van der Waals surface area contributed by atoms with E-state index in [1.54, 1.807) is 0 Å². The van der Waals surface area contributed by atoms with Crippen LogP contribution >= 0.6 is 0 Å². The van der Waals surface area contributed by atoms with E-state index in [0.717, 1.165) is 12.1 Å². The molecule has 0 bridgehead atoms. The molecule has 1 amide bonds. The number of carbonyl (C=O) groups excluding carboxylic acids is 1. The zero-order chi connectivity index (χ0) is 16.9. The largest absolute Gasteiger partial charge is 0.436 e. The minimum atomic E-state index is -4.58. The average molecular weight is 325 g/mol. The summed E-state index contributed by atoms with van der Waals surface area (Å²) >= 11 is 0. The lowest BCUT2D eigenvalue weighted by molar-refractivity contribution is -0.138. The van der Waals surface area contributed by atoms with Gasteiger partial charge in [-0.3, -0.25) is 4.79 Å². The maximum Gasteiger partial charge on any atom is 0.419 e. The number of rotatable bonds is 5. The third-order valence-corrected chi connectivity index (χ3v) is 2.81. The molecule has 5 nitrogen and oxygen atoms in total. The van der Waals surface area contributed by atoms with Gasteiger partial charge < -0.3 is 10.1 Å². The van der Waals surface area contributed by atoms with Crippen LogP contribution in [-0.4, -0.2) is 22.4 Å². The molecule has 0 unspecified atom stereocenters. The quantitative estimate of drug-likeness (QED) is 0.915. The second kappa shape index (κ2) is 7.08. The lowest BCUT2D eigenvalue weighted by Gasteiger charge is -2.14. The van der Waals surface area contributed by atoms with Crippen molar-refractivity contribution < 1.29 is 22.7 Å². The standard InChI is InChI=1S/C15H14F3N3O2/c1-2-7-20-13(22)12-14(21-9-8-19-12)23-11-6-4-3-5-10(11)15(16,17)18/h3-6,8-9H,2,7H2,1H3,(H,20,22). The Bertz CT molecular complexity index is 690. The van der Waals surface area contributed by atoms with Crippen molar-refractivity contribution >= 4 is 5.91 Å². The van der Waals surface area contributed by atoms with Crippen LogP contribution in [0.4, 0.5) is 13.2 Å². The van der Waals surface area contributed by atoms with Crippen molar-refractivity contribution in [1.29, 1.82) is 0 Å². The Morgan fingerprint density at radius 3 is 2.61 bits per heavy atom. The van der Waals surface area contributed by atoms with E-state index < -0.39 is 23.4 Å². The van der Waals surface area contributed by atoms with Gasteiger partial charge in [-0.25, -0.2) is 9.97 Å². The Kier molecular flexibility index (Phi) is 5.15. The Balaban J connectivity index is 2.33. The second-order valence-electron chi connectivity index (χ2n) is 4.56. The highest BCUT2D eigenvalue weighted by molar-refractivity contribution is 5.94. The first-order chi connectivity index (χ1) is 10.9. The van der Waals surface area contributed by atoms with E-state index in [2.05, 4.69) is 15.3 Å². The van der Waals surface area contributed by atoms with Gasteiger partial charge in [-0.1, -0.05) is 19.1 Å². The number of nitrogens with zero attached hydrogens (tertiary/aromatic N) is 2. The lowest BCUT2D eigenvalue weighted by atomic mass is 10.2. The summed E-state index contributed by atoms with van der Waals surface area (Å²) in [6.07, 6.45) is -1.37. The van der Waals surface area contributed by atoms with Gasteiger partial charge in [0.25, 0.3) is 11.8 Å². The van der Waals surface area contributed by atoms with Crippen LogP contribution in [0.25, 0.3) is 0 Å². The van der Waals surface area contributed by atoms with Crippen molar-refractivity contribution in [2.24, 2.45) is 0 Å². The number of carbonyl (C=O) groups is 1. The fourth-order valence-electron chi connectivity index (χ4n) is 1.77. The molecular formula is C15H14F3N3O2. The number of ether oxygens (including phenoxy) is 1. The predicted octanol–water partition coefficient (Wildman–Crippen LogP) is 3.43. The first kappa shape index (κ1) is 16.7. The number of hydrogen-bond donors (Lipinski definition) is 1. The van der Waals surface area contributed by atoms with E-state index in [0.29, 0.717) is 13.0 Å². The van der Waals surface area contributed by atoms with Gasteiger partial charge in [-0.05, 0) is 18.6 Å². The number of alkyl halides is 3. The molecule has 8 heteroatoms. The van der Waals surface area contributed by atoms with Gasteiger partial charge in [-0.15, -0.1) is 0 Å². The summed E-state index contributed by atoms with van der Waals surface area (Å²) in [5.41, 5.74) is -1.12. The summed E-state index contributed by atoms with van der Waals surface area (Å²) in [6, 6.07) is 4.70. The predicted molar refractivity (Wildman–Crippen MR) is 76.2 cm³/mol. The van der Waals surface area contributed by atoms with Crippen molar-refractivity contribution in [1.82, 2.24) is 15.3 Å². The van der Waals surface area contributed by atoms with Crippen LogP contribution in [-0.2, 0) is 6.18 Å². The van der Waals surface area contributed by atoms with Gasteiger partial charge in [0.15, 0.2) is 5.69 Å². The minimum absolute atomic E-state index is 0.169. The van der Waals surface area contributed by atoms with E-state index in [1.165, 1.54) is 24.5 Å². The highest BCUT2D eigenvalue weighted by Crippen LogP contribution is 2.37. The number of amides is 1. The molecular weight excluding hydrogens is 311 g/mol. The third-order valence-electron chi connectivity index (χ3n) is 2.81. The maximum atomic E-state index is 13.0. The molecule has 0 aliphatic carbocycles. The molecule has 0 aliphatic heterocycles. The van der Waals surface area contributed by atoms with Gasteiger partial charge >= 0.3 is 6.18 Å². The van der Waals surface area contributed by atoms with Crippen LogP contribution in [0.15, 0.2) is 36.7 Å². The monoisotopic (exact) mass is 325 g/mol. The lowest BCUT2D eigenvalue weighted by Crippen LogP contribution is -2.25. The number of hydrogen-bond acceptors (Lipinski definition) is 4. The summed E-state index contributed by atoms with van der Waals surface area (Å²) in [5.74, 6) is -1.28. The van der Waals surface area contributed by atoms with Crippen molar-refractivity contribution in [3.05, 3.63) is 47.9 Å². The van der Waals surface area contributed by atoms with E-state index in [1.807, 2.05) is 6.92 Å². The topological polar surface area (TPSA) is 64.1 Å². The Hall–Kier alpha value is -2.64. The van der Waals surface area contributed by atoms with Crippen LogP contribution in [0.5, 0.6) is 11.6 Å². The van der Waals surface area contributed by atoms with Crippen LogP contribution in [0.2, 0.25) is 0 Å². The first-order valence-electron chi connectivity index (χ1n) is 6.86. The number of nitrogens with one attached hydrogen (secondary N) is 1. The molecule has 0 saturated heterocycles. The highest BCUT2D eigenvalue weighted by Gasteiger charge is 2.34. The third kappa shape index (κ3) is 4.18. The molecule has 1 N–H and O–H groups in total. The summed E-state index contributed by atoms with van der Waals surface area (Å²) < 4.78 is 44.2. The molecule has 1 aromatic carbocycles. The number of para-hydroxylation sites is 1. The number of halogens is 3. The maximum absolute atomic E-state index is 13.0. The van der Waals surface area contributed by atoms with E-state index in [9.17, 15) is 18.0 Å². The first-order valence-corrected chi connectivity index (χ1v) is 6.86. The van der Waals surface area contributed by atoms with Crippen molar-refractivity contribution in [2.45, 2.75) is 19.5 Å². The Morgan fingerprint density at radius 1 is 1.22 bits per heavy atom. The number of benzene rings is 1. The molecule has 122 valence electrons. The molecule has 1 heterocycles. The summed E-state index contributed by atoms with van der Waals surface area (Å²) in [7, 11) is 0. The van der Waals surface area contributed by atoms with Crippen LogP contribution in [0.3, 0.4) is 0 Å². The Morgan fingerprint density at radius 2 is 1.91 bits per heavy atom. The second-order valence-corrected chi connectivity index (χ2v) is 4.56. The van der Waals surface area contributed by atoms with Crippen LogP contribution in [0.1, 0.15) is 29.4 Å². The summed E-state index contributed by atoms with van der Waals surface area (Å²) in [5, 5.41) is 2.58.